The molecule has 46 heavy (non-hydrogen) atoms. The van der Waals surface area contributed by atoms with E-state index in [0.29, 0.717) is 0 Å². The predicted molar refractivity (Wildman–Crippen MR) is 190 cm³/mol. The molecule has 8 aromatic carbocycles. The molecule has 1 heteroatoms. The van der Waals surface area contributed by atoms with Crippen molar-refractivity contribution in [2.75, 3.05) is 0 Å². The maximum absolute atomic E-state index is 6.42. The summed E-state index contributed by atoms with van der Waals surface area (Å²) in [6.45, 7) is 0. The second kappa shape index (κ2) is 8.62. The Labute approximate surface area is 266 Å². The minimum atomic E-state index is -0.403. The van der Waals surface area contributed by atoms with Gasteiger partial charge in [0.15, 0.2) is 0 Å². The smallest absolute Gasteiger partial charge is 0.136 e. The normalized spacial score (nSPS) is 13.8. The van der Waals surface area contributed by atoms with E-state index in [1.807, 2.05) is 0 Å². The van der Waals surface area contributed by atoms with Crippen molar-refractivity contribution in [2.24, 2.45) is 0 Å². The molecule has 0 aliphatic heterocycles. The van der Waals surface area contributed by atoms with Crippen LogP contribution in [0.1, 0.15) is 22.3 Å². The van der Waals surface area contributed by atoms with Crippen LogP contribution in [0.3, 0.4) is 0 Å². The van der Waals surface area contributed by atoms with Crippen molar-refractivity contribution in [3.8, 4) is 33.4 Å². The van der Waals surface area contributed by atoms with Gasteiger partial charge in [-0.2, -0.15) is 0 Å². The zero-order valence-corrected chi connectivity index (χ0v) is 24.9. The number of hydrogen-bond acceptors (Lipinski definition) is 1. The van der Waals surface area contributed by atoms with Gasteiger partial charge in [0, 0.05) is 10.8 Å². The lowest BCUT2D eigenvalue weighted by molar-refractivity contribution is 0.669. The Hall–Kier alpha value is -5.92. The number of hydrogen-bond donors (Lipinski definition) is 0. The number of furan rings is 1. The molecule has 1 spiro atoms. The highest BCUT2D eigenvalue weighted by atomic mass is 16.3. The average molecular weight is 583 g/mol. The maximum atomic E-state index is 6.42. The largest absolute Gasteiger partial charge is 0.456 e. The van der Waals surface area contributed by atoms with Crippen molar-refractivity contribution < 1.29 is 4.42 Å². The molecule has 0 saturated heterocycles. The number of rotatable bonds is 1. The molecule has 0 N–H and O–H groups in total. The van der Waals surface area contributed by atoms with Crippen LogP contribution in [0, 0.1) is 0 Å². The Balaban J connectivity index is 1.29. The topological polar surface area (TPSA) is 13.1 Å². The van der Waals surface area contributed by atoms with E-state index in [1.165, 1.54) is 77.2 Å². The molecule has 1 nitrogen and oxygen atoms in total. The van der Waals surface area contributed by atoms with E-state index >= 15 is 0 Å². The van der Waals surface area contributed by atoms with Gasteiger partial charge in [0.2, 0.25) is 0 Å². The van der Waals surface area contributed by atoms with Gasteiger partial charge in [0.25, 0.3) is 0 Å². The van der Waals surface area contributed by atoms with E-state index in [-0.39, 0.29) is 0 Å². The third-order valence-corrected chi connectivity index (χ3v) is 10.6. The molecule has 11 rings (SSSR count). The van der Waals surface area contributed by atoms with E-state index < -0.39 is 5.41 Å². The molecule has 0 atom stereocenters. The van der Waals surface area contributed by atoms with Crippen LogP contribution in [0.5, 0.6) is 0 Å². The lowest BCUT2D eigenvalue weighted by Crippen LogP contribution is -2.26. The Bertz CT molecular complexity index is 2710. The molecule has 9 aromatic rings. The van der Waals surface area contributed by atoms with E-state index in [1.54, 1.807) is 0 Å². The van der Waals surface area contributed by atoms with Gasteiger partial charge in [0.1, 0.15) is 11.2 Å². The first-order chi connectivity index (χ1) is 22.8. The highest BCUT2D eigenvalue weighted by Gasteiger charge is 2.52. The fourth-order valence-electron chi connectivity index (χ4n) is 8.83. The SMILES string of the molecule is c1ccc2c(c1)-c1ccccc1C21c2ccccc2-c2c(-c3ccc4oc5cc6ccccc6cc5c4c3)cc3ccccc3c21. The van der Waals surface area contributed by atoms with E-state index in [0.717, 1.165) is 21.9 Å². The first-order valence-electron chi connectivity index (χ1n) is 16.0. The van der Waals surface area contributed by atoms with Gasteiger partial charge in [-0.1, -0.05) is 127 Å². The van der Waals surface area contributed by atoms with Crippen LogP contribution in [0.15, 0.2) is 162 Å². The molecule has 1 aromatic heterocycles. The van der Waals surface area contributed by atoms with Crippen LogP contribution in [0.25, 0.3) is 76.9 Å². The Morgan fingerprint density at radius 2 is 0.935 bits per heavy atom. The summed E-state index contributed by atoms with van der Waals surface area (Å²) >= 11 is 0. The lowest BCUT2D eigenvalue weighted by Gasteiger charge is -2.31. The van der Waals surface area contributed by atoms with E-state index in [2.05, 4.69) is 158 Å². The van der Waals surface area contributed by atoms with Crippen molar-refractivity contribution in [2.45, 2.75) is 5.41 Å². The predicted octanol–water partition coefficient (Wildman–Crippen LogP) is 11.9. The van der Waals surface area contributed by atoms with Crippen LogP contribution in [-0.4, -0.2) is 0 Å². The third-order valence-electron chi connectivity index (χ3n) is 10.6. The van der Waals surface area contributed by atoms with E-state index in [9.17, 15) is 0 Å². The molecule has 0 amide bonds. The molecular weight excluding hydrogens is 556 g/mol. The lowest BCUT2D eigenvalue weighted by atomic mass is 9.69. The van der Waals surface area contributed by atoms with Crippen molar-refractivity contribution >= 4 is 43.5 Å². The van der Waals surface area contributed by atoms with Crippen LogP contribution in [-0.2, 0) is 5.41 Å². The molecule has 1 heterocycles. The summed E-state index contributed by atoms with van der Waals surface area (Å²) in [4.78, 5) is 0. The molecule has 0 radical (unpaired) electrons. The number of fused-ring (bicyclic) bond motifs is 16. The van der Waals surface area contributed by atoms with Crippen molar-refractivity contribution in [3.63, 3.8) is 0 Å². The van der Waals surface area contributed by atoms with Crippen LogP contribution < -0.4 is 0 Å². The van der Waals surface area contributed by atoms with Crippen LogP contribution in [0.4, 0.5) is 0 Å². The van der Waals surface area contributed by atoms with E-state index in [4.69, 9.17) is 4.42 Å². The van der Waals surface area contributed by atoms with Crippen molar-refractivity contribution in [1.29, 1.82) is 0 Å². The van der Waals surface area contributed by atoms with Crippen molar-refractivity contribution in [3.05, 3.63) is 180 Å². The second-order valence-electron chi connectivity index (χ2n) is 12.8. The van der Waals surface area contributed by atoms with Crippen LogP contribution in [0.2, 0.25) is 0 Å². The molecule has 0 bridgehead atoms. The molecule has 212 valence electrons. The summed E-state index contributed by atoms with van der Waals surface area (Å²) in [5.41, 5.74) is 14.7. The second-order valence-corrected chi connectivity index (χ2v) is 12.8. The van der Waals surface area contributed by atoms with Gasteiger partial charge in [-0.3, -0.25) is 0 Å². The summed E-state index contributed by atoms with van der Waals surface area (Å²) in [6, 6.07) is 58.3. The molecule has 2 aliphatic carbocycles. The molecule has 0 unspecified atom stereocenters. The van der Waals surface area contributed by atoms with Crippen molar-refractivity contribution in [1.82, 2.24) is 0 Å². The Morgan fingerprint density at radius 3 is 1.67 bits per heavy atom. The Kier molecular flexibility index (Phi) is 4.57. The summed E-state index contributed by atoms with van der Waals surface area (Å²) < 4.78 is 6.42. The zero-order valence-electron chi connectivity index (χ0n) is 24.9. The highest BCUT2D eigenvalue weighted by molar-refractivity contribution is 6.13. The summed E-state index contributed by atoms with van der Waals surface area (Å²) in [5.74, 6) is 0. The summed E-state index contributed by atoms with van der Waals surface area (Å²) in [6.07, 6.45) is 0. The quantitative estimate of drug-likeness (QED) is 0.188. The van der Waals surface area contributed by atoms with Crippen LogP contribution >= 0.6 is 0 Å². The molecule has 0 saturated carbocycles. The fourth-order valence-corrected chi connectivity index (χ4v) is 8.83. The highest BCUT2D eigenvalue weighted by Crippen LogP contribution is 2.65. The fraction of sp³-hybridized carbons (Fsp3) is 0.0222. The minimum absolute atomic E-state index is 0.403. The Morgan fingerprint density at radius 1 is 0.370 bits per heavy atom. The molecular formula is C45H26O. The molecule has 0 fully saturated rings. The van der Waals surface area contributed by atoms with Gasteiger partial charge in [-0.05, 0) is 108 Å². The van der Waals surface area contributed by atoms with Gasteiger partial charge in [0.05, 0.1) is 5.41 Å². The van der Waals surface area contributed by atoms with Gasteiger partial charge in [-0.25, -0.2) is 0 Å². The average Bonchev–Trinajstić information content (AvgIpc) is 3.74. The molecule has 2 aliphatic rings. The number of benzene rings is 8. The standard InChI is InChI=1S/C45H26O/c1-2-12-28-26-42-37(23-27(28)11-1)36-25-30(21-22-41(36)46-42)35-24-29-13-3-4-14-31(29)44-43(35)34-17-7-10-20-40(34)45(44)38-18-8-5-15-32(38)33-16-6-9-19-39(33)45/h1-26H. The third kappa shape index (κ3) is 2.91. The summed E-state index contributed by atoms with van der Waals surface area (Å²) in [7, 11) is 0. The zero-order chi connectivity index (χ0) is 30.0. The van der Waals surface area contributed by atoms with Gasteiger partial charge < -0.3 is 4.42 Å². The first kappa shape index (κ1) is 24.4. The minimum Gasteiger partial charge on any atom is -0.456 e. The summed E-state index contributed by atoms with van der Waals surface area (Å²) in [5, 5.41) is 7.30. The first-order valence-corrected chi connectivity index (χ1v) is 16.0. The monoisotopic (exact) mass is 582 g/mol. The van der Waals surface area contributed by atoms with Gasteiger partial charge >= 0.3 is 0 Å². The maximum Gasteiger partial charge on any atom is 0.136 e. The van der Waals surface area contributed by atoms with Gasteiger partial charge in [-0.15, -0.1) is 0 Å².